The van der Waals surface area contributed by atoms with E-state index < -0.39 is 34.3 Å². The number of benzene rings is 3. The van der Waals surface area contributed by atoms with E-state index in [1.165, 1.54) is 55.6 Å². The molecule has 4 N–H and O–H groups in total. The Bertz CT molecular complexity index is 1310. The van der Waals surface area contributed by atoms with Crippen molar-refractivity contribution < 1.29 is 36.2 Å². The zero-order chi connectivity index (χ0) is 24.4. The van der Waals surface area contributed by atoms with Crippen LogP contribution in [0.5, 0.6) is 5.75 Å². The van der Waals surface area contributed by atoms with Crippen molar-refractivity contribution in [3.8, 4) is 16.9 Å². The van der Waals surface area contributed by atoms with Gasteiger partial charge in [-0.3, -0.25) is 4.79 Å². The molecule has 1 amide bonds. The summed E-state index contributed by atoms with van der Waals surface area (Å²) in [4.78, 5) is 12.3. The molecule has 3 rings (SSSR count). The Balaban J connectivity index is 1.94. The van der Waals surface area contributed by atoms with Gasteiger partial charge >= 0.3 is 6.18 Å². The Morgan fingerprint density at radius 1 is 1.06 bits per heavy atom. The fourth-order valence-corrected chi connectivity index (χ4v) is 3.96. The largest absolute Gasteiger partial charge is 0.495 e. The zero-order valence-corrected chi connectivity index (χ0v) is 18.0. The molecule has 33 heavy (non-hydrogen) atoms. The Labute approximate surface area is 187 Å². The molecule has 0 radical (unpaired) electrons. The predicted octanol–water partition coefficient (Wildman–Crippen LogP) is 3.77. The molecule has 174 valence electrons. The van der Waals surface area contributed by atoms with Crippen LogP contribution in [0.25, 0.3) is 11.1 Å². The number of carbonyl (C=O) groups is 1. The van der Waals surface area contributed by atoms with E-state index in [9.17, 15) is 31.5 Å². The van der Waals surface area contributed by atoms with Gasteiger partial charge in [0.1, 0.15) is 10.6 Å². The van der Waals surface area contributed by atoms with E-state index in [-0.39, 0.29) is 38.6 Å². The Morgan fingerprint density at radius 2 is 1.76 bits per heavy atom. The van der Waals surface area contributed by atoms with Gasteiger partial charge in [0.2, 0.25) is 10.0 Å². The van der Waals surface area contributed by atoms with Gasteiger partial charge in [-0.15, -0.1) is 0 Å². The first-order valence-electron chi connectivity index (χ1n) is 9.38. The monoisotopic (exact) mass is 480 g/mol. The maximum atomic E-state index is 13.4. The number of carbonyl (C=O) groups excluding carboxylic acids is 1. The highest BCUT2D eigenvalue weighted by atomic mass is 32.2. The summed E-state index contributed by atoms with van der Waals surface area (Å²) in [6.07, 6.45) is -4.58. The van der Waals surface area contributed by atoms with E-state index >= 15 is 0 Å². The molecular weight excluding hydrogens is 461 g/mol. The van der Waals surface area contributed by atoms with E-state index in [4.69, 9.17) is 9.88 Å². The number of nitrogens with one attached hydrogen (secondary N) is 1. The summed E-state index contributed by atoms with van der Waals surface area (Å²) >= 11 is 0. The number of hydrogen-bond donors (Lipinski definition) is 3. The second kappa shape index (κ2) is 9.22. The van der Waals surface area contributed by atoms with Crippen LogP contribution in [0.1, 0.15) is 21.5 Å². The number of amides is 1. The van der Waals surface area contributed by atoms with E-state index in [2.05, 4.69) is 5.32 Å². The summed E-state index contributed by atoms with van der Waals surface area (Å²) in [5, 5.41) is 17.4. The molecule has 0 saturated heterocycles. The van der Waals surface area contributed by atoms with E-state index in [0.717, 1.165) is 12.1 Å². The Hall–Kier alpha value is -3.41. The number of alkyl halides is 3. The number of nitrogens with two attached hydrogens (primary N) is 1. The Kier molecular flexibility index (Phi) is 6.77. The van der Waals surface area contributed by atoms with E-state index in [0.29, 0.717) is 0 Å². The molecule has 0 heterocycles. The fourth-order valence-electron chi connectivity index (χ4n) is 3.28. The van der Waals surface area contributed by atoms with E-state index in [1.54, 1.807) is 0 Å². The molecule has 3 aromatic rings. The first-order valence-corrected chi connectivity index (χ1v) is 10.9. The van der Waals surface area contributed by atoms with Gasteiger partial charge in [0, 0.05) is 11.3 Å². The molecule has 0 atom stereocenters. The first-order chi connectivity index (χ1) is 15.5. The number of aliphatic hydroxyl groups excluding tert-OH is 1. The van der Waals surface area contributed by atoms with Crippen LogP contribution in [0.15, 0.2) is 65.6 Å². The van der Waals surface area contributed by atoms with Crippen LogP contribution in [0, 0.1) is 0 Å². The van der Waals surface area contributed by atoms with Gasteiger partial charge in [0.25, 0.3) is 5.91 Å². The number of anilines is 1. The summed E-state index contributed by atoms with van der Waals surface area (Å²) < 4.78 is 68.4. The lowest BCUT2D eigenvalue weighted by atomic mass is 9.95. The van der Waals surface area contributed by atoms with Gasteiger partial charge in [-0.25, -0.2) is 13.6 Å². The maximum Gasteiger partial charge on any atom is 0.417 e. The summed E-state index contributed by atoms with van der Waals surface area (Å²) in [5.74, 6) is -0.762. The summed E-state index contributed by atoms with van der Waals surface area (Å²) in [6.45, 7) is -0.567. The minimum atomic E-state index is -4.58. The third kappa shape index (κ3) is 5.33. The van der Waals surface area contributed by atoms with Gasteiger partial charge in [-0.05, 0) is 53.1 Å². The molecule has 0 aliphatic heterocycles. The standard InChI is InChI=1S/C22H19F3N2O5S/c1-32-19-11-13(6-9-20(19)33(26,30)31)21(29)27-15-7-8-16(14(10-15)12-28)17-4-2-3-5-18(17)22(23,24)25/h2-11,28H,12H2,1H3,(H,27,29)(H2,26,30,31). The number of hydrogen-bond acceptors (Lipinski definition) is 5. The van der Waals surface area contributed by atoms with Crippen LogP contribution in [0.3, 0.4) is 0 Å². The molecule has 0 saturated carbocycles. The van der Waals surface area contributed by atoms with Gasteiger partial charge in [0.15, 0.2) is 0 Å². The van der Waals surface area contributed by atoms with Crippen molar-refractivity contribution in [1.82, 2.24) is 0 Å². The molecule has 0 spiro atoms. The first kappa shape index (κ1) is 24.2. The molecule has 0 aliphatic rings. The number of halogens is 3. The maximum absolute atomic E-state index is 13.4. The zero-order valence-electron chi connectivity index (χ0n) is 17.2. The molecule has 11 heteroatoms. The lowest BCUT2D eigenvalue weighted by molar-refractivity contribution is -0.137. The third-order valence-corrected chi connectivity index (χ3v) is 5.74. The number of sulfonamides is 1. The van der Waals surface area contributed by atoms with Gasteiger partial charge in [-0.2, -0.15) is 13.2 Å². The molecule has 0 unspecified atom stereocenters. The summed E-state index contributed by atoms with van der Waals surface area (Å²) in [6, 6.07) is 12.7. The summed E-state index contributed by atoms with van der Waals surface area (Å²) in [5.41, 5.74) is -0.342. The van der Waals surface area contributed by atoms with Crippen LogP contribution in [0.2, 0.25) is 0 Å². The Morgan fingerprint density at radius 3 is 2.36 bits per heavy atom. The van der Waals surface area contributed by atoms with Gasteiger partial charge in [-0.1, -0.05) is 24.3 Å². The summed E-state index contributed by atoms with van der Waals surface area (Å²) in [7, 11) is -2.85. The van der Waals surface area contributed by atoms with Gasteiger partial charge < -0.3 is 15.2 Å². The highest BCUT2D eigenvalue weighted by Crippen LogP contribution is 2.38. The topological polar surface area (TPSA) is 119 Å². The minimum Gasteiger partial charge on any atom is -0.495 e. The quantitative estimate of drug-likeness (QED) is 0.496. The molecule has 0 aromatic heterocycles. The molecule has 0 fully saturated rings. The predicted molar refractivity (Wildman–Crippen MR) is 115 cm³/mol. The van der Waals surface area contributed by atoms with Gasteiger partial charge in [0.05, 0.1) is 19.3 Å². The second-order valence-electron chi connectivity index (χ2n) is 6.94. The smallest absolute Gasteiger partial charge is 0.417 e. The molecular formula is C22H19F3N2O5S. The van der Waals surface area contributed by atoms with Crippen molar-refractivity contribution in [2.75, 3.05) is 12.4 Å². The number of aliphatic hydroxyl groups is 1. The van der Waals surface area contributed by atoms with Crippen molar-refractivity contribution in [3.05, 3.63) is 77.4 Å². The number of ether oxygens (including phenoxy) is 1. The van der Waals surface area contributed by atoms with Crippen molar-refractivity contribution >= 4 is 21.6 Å². The van der Waals surface area contributed by atoms with Crippen molar-refractivity contribution in [2.45, 2.75) is 17.7 Å². The van der Waals surface area contributed by atoms with Crippen molar-refractivity contribution in [2.24, 2.45) is 5.14 Å². The average Bonchev–Trinajstić information content (AvgIpc) is 2.77. The lowest BCUT2D eigenvalue weighted by Crippen LogP contribution is -2.16. The number of primary sulfonamides is 1. The van der Waals surface area contributed by atoms with Crippen molar-refractivity contribution in [3.63, 3.8) is 0 Å². The highest BCUT2D eigenvalue weighted by Gasteiger charge is 2.33. The molecule has 3 aromatic carbocycles. The SMILES string of the molecule is COc1cc(C(=O)Nc2ccc(-c3ccccc3C(F)(F)F)c(CO)c2)ccc1S(N)(=O)=O. The van der Waals surface area contributed by atoms with Crippen molar-refractivity contribution in [1.29, 1.82) is 0 Å². The third-order valence-electron chi connectivity index (χ3n) is 4.79. The van der Waals surface area contributed by atoms with Crippen LogP contribution >= 0.6 is 0 Å². The minimum absolute atomic E-state index is 0.0521. The van der Waals surface area contributed by atoms with Crippen LogP contribution < -0.4 is 15.2 Å². The average molecular weight is 480 g/mol. The number of rotatable bonds is 6. The molecule has 0 bridgehead atoms. The van der Waals surface area contributed by atoms with E-state index in [1.807, 2.05) is 0 Å². The lowest BCUT2D eigenvalue weighted by Gasteiger charge is -2.16. The second-order valence-corrected chi connectivity index (χ2v) is 8.47. The van der Waals surface area contributed by atoms with Crippen LogP contribution in [-0.2, 0) is 22.8 Å². The molecule has 0 aliphatic carbocycles. The number of methoxy groups -OCH3 is 1. The molecule has 7 nitrogen and oxygen atoms in total. The fraction of sp³-hybridized carbons (Fsp3) is 0.136. The highest BCUT2D eigenvalue weighted by molar-refractivity contribution is 7.89. The normalized spacial score (nSPS) is 11.8. The van der Waals surface area contributed by atoms with Crippen LogP contribution in [-0.4, -0.2) is 26.5 Å². The van der Waals surface area contributed by atoms with Crippen LogP contribution in [0.4, 0.5) is 18.9 Å².